The third-order valence-electron chi connectivity index (χ3n) is 4.85. The number of hydrogen-bond acceptors (Lipinski definition) is 6. The molecule has 168 valence electrons. The van der Waals surface area contributed by atoms with Gasteiger partial charge < -0.3 is 16.0 Å². The summed E-state index contributed by atoms with van der Waals surface area (Å²) in [7, 11) is 0. The van der Waals surface area contributed by atoms with E-state index in [1.807, 2.05) is 25.7 Å². The van der Waals surface area contributed by atoms with Gasteiger partial charge in [0.15, 0.2) is 6.17 Å². The van der Waals surface area contributed by atoms with Gasteiger partial charge in [0.2, 0.25) is 0 Å². The third kappa shape index (κ3) is 4.71. The van der Waals surface area contributed by atoms with E-state index in [9.17, 15) is 19.2 Å². The molecule has 32 heavy (non-hydrogen) atoms. The number of hydrogen-bond donors (Lipinski definition) is 4. The molecular weight excluding hydrogens is 433 g/mol. The lowest BCUT2D eigenvalue weighted by molar-refractivity contribution is -0.124. The number of nitrogens with zero attached hydrogens (tertiary/aromatic N) is 2. The molecule has 0 aliphatic carbocycles. The number of anilines is 1. The maximum absolute atomic E-state index is 14.1. The van der Waals surface area contributed by atoms with Crippen molar-refractivity contribution < 1.29 is 19.2 Å². The van der Waals surface area contributed by atoms with Gasteiger partial charge in [0.25, 0.3) is 5.91 Å². The van der Waals surface area contributed by atoms with Crippen molar-refractivity contribution in [3.8, 4) is 0 Å². The molecule has 0 saturated heterocycles. The number of nitrogens with two attached hydrogens (primary N) is 1. The van der Waals surface area contributed by atoms with Crippen LogP contribution in [0.25, 0.3) is 0 Å². The number of para-hydroxylation sites is 1. The molecule has 1 atom stereocenters. The number of thiocarbonyl (C=S) groups is 1. The van der Waals surface area contributed by atoms with Crippen LogP contribution < -0.4 is 16.4 Å². The Morgan fingerprint density at radius 1 is 1.12 bits per heavy atom. The summed E-state index contributed by atoms with van der Waals surface area (Å²) in [4.78, 5) is 25.7. The van der Waals surface area contributed by atoms with E-state index in [2.05, 4.69) is 10.6 Å². The number of hydroxylamine groups is 2. The Kier molecular flexibility index (Phi) is 6.47. The predicted octanol–water partition coefficient (Wildman–Crippen LogP) is 3.72. The van der Waals surface area contributed by atoms with Gasteiger partial charge in [-0.1, -0.05) is 42.5 Å². The number of carbonyl (C=O) groups excluding carboxylic acids is 2. The molecular formula is C22H24FN5O3S. The molecule has 2 aromatic carbocycles. The maximum Gasteiger partial charge on any atom is 0.317 e. The molecule has 8 nitrogen and oxygen atoms in total. The number of urea groups is 1. The SMILES string of the molecule is CC(C)(C)N1C=C(C(=S)NC(N)=O)N(O)C1c1ccccc1NC(=O)c1ccccc1F. The summed E-state index contributed by atoms with van der Waals surface area (Å²) in [6.45, 7) is 5.79. The van der Waals surface area contributed by atoms with Crippen molar-refractivity contribution in [1.82, 2.24) is 15.3 Å². The van der Waals surface area contributed by atoms with Gasteiger partial charge >= 0.3 is 6.03 Å². The van der Waals surface area contributed by atoms with Crippen LogP contribution in [0.4, 0.5) is 14.9 Å². The van der Waals surface area contributed by atoms with E-state index in [1.165, 1.54) is 18.2 Å². The normalized spacial score (nSPS) is 15.9. The van der Waals surface area contributed by atoms with Crippen LogP contribution in [0.1, 0.15) is 42.9 Å². The van der Waals surface area contributed by atoms with E-state index in [-0.39, 0.29) is 16.2 Å². The fraction of sp³-hybridized carbons (Fsp3) is 0.227. The topological polar surface area (TPSA) is 111 Å². The first-order valence-corrected chi connectivity index (χ1v) is 10.2. The highest BCUT2D eigenvalue weighted by molar-refractivity contribution is 7.80. The molecule has 5 N–H and O–H groups in total. The van der Waals surface area contributed by atoms with Crippen LogP contribution in [0.3, 0.4) is 0 Å². The van der Waals surface area contributed by atoms with Crippen molar-refractivity contribution in [2.75, 3.05) is 5.32 Å². The van der Waals surface area contributed by atoms with Gasteiger partial charge in [-0.2, -0.15) is 0 Å². The number of benzene rings is 2. The predicted molar refractivity (Wildman–Crippen MR) is 122 cm³/mol. The van der Waals surface area contributed by atoms with Crippen molar-refractivity contribution in [3.05, 3.63) is 77.4 Å². The molecule has 10 heteroatoms. The Bertz CT molecular complexity index is 1100. The molecule has 0 aromatic heterocycles. The van der Waals surface area contributed by atoms with Crippen LogP contribution in [0.2, 0.25) is 0 Å². The van der Waals surface area contributed by atoms with Crippen molar-refractivity contribution in [1.29, 1.82) is 0 Å². The molecule has 1 heterocycles. The van der Waals surface area contributed by atoms with E-state index in [0.29, 0.717) is 11.3 Å². The van der Waals surface area contributed by atoms with Gasteiger partial charge in [-0.15, -0.1) is 0 Å². The lowest BCUT2D eigenvalue weighted by atomic mass is 10.0. The van der Waals surface area contributed by atoms with Crippen LogP contribution >= 0.6 is 12.2 Å². The second kappa shape index (κ2) is 8.93. The number of nitrogens with one attached hydrogen (secondary N) is 2. The van der Waals surface area contributed by atoms with Crippen molar-refractivity contribution in [2.45, 2.75) is 32.5 Å². The number of rotatable bonds is 4. The van der Waals surface area contributed by atoms with Crippen LogP contribution in [0.5, 0.6) is 0 Å². The average molecular weight is 458 g/mol. The summed E-state index contributed by atoms with van der Waals surface area (Å²) in [5.74, 6) is -1.27. The standard InChI is InChI=1S/C22H24FN5O3S/c1-22(2,3)27-12-17(19(32)26-21(24)30)28(31)20(27)14-9-5-7-11-16(14)25-18(29)13-8-4-6-10-15(13)23/h4-12,20,31H,1-3H3,(H,25,29)(H3,24,26,30,32). The minimum absolute atomic E-state index is 0.0513. The molecule has 1 unspecified atom stereocenters. The van der Waals surface area contributed by atoms with E-state index in [4.69, 9.17) is 18.0 Å². The van der Waals surface area contributed by atoms with Crippen LogP contribution in [-0.2, 0) is 0 Å². The molecule has 0 saturated carbocycles. The van der Waals surface area contributed by atoms with Gasteiger partial charge in [0, 0.05) is 23.0 Å². The number of primary amides is 1. The molecule has 0 fully saturated rings. The Morgan fingerprint density at radius 3 is 2.38 bits per heavy atom. The Labute approximate surface area is 190 Å². The molecule has 3 amide bonds. The highest BCUT2D eigenvalue weighted by Crippen LogP contribution is 2.41. The zero-order valence-electron chi connectivity index (χ0n) is 17.8. The van der Waals surface area contributed by atoms with Gasteiger partial charge in [-0.3, -0.25) is 15.3 Å². The summed E-state index contributed by atoms with van der Waals surface area (Å²) in [5, 5.41) is 16.9. The quantitative estimate of drug-likeness (QED) is 0.521. The highest BCUT2D eigenvalue weighted by atomic mass is 32.1. The fourth-order valence-electron chi connectivity index (χ4n) is 3.36. The summed E-state index contributed by atoms with van der Waals surface area (Å²) in [6, 6.07) is 11.7. The molecule has 1 aliphatic rings. The first-order valence-electron chi connectivity index (χ1n) is 9.74. The average Bonchev–Trinajstić information content (AvgIpc) is 3.06. The summed E-state index contributed by atoms with van der Waals surface area (Å²) in [6.07, 6.45) is 0.813. The van der Waals surface area contributed by atoms with Gasteiger partial charge in [0.1, 0.15) is 16.5 Å². The Balaban J connectivity index is 1.99. The molecule has 3 rings (SSSR count). The summed E-state index contributed by atoms with van der Waals surface area (Å²) < 4.78 is 14.1. The van der Waals surface area contributed by atoms with Gasteiger partial charge in [-0.05, 0) is 39.0 Å². The van der Waals surface area contributed by atoms with Gasteiger partial charge in [-0.25, -0.2) is 14.2 Å². The Hall–Kier alpha value is -3.50. The minimum atomic E-state index is -0.854. The van der Waals surface area contributed by atoms with Crippen LogP contribution in [0.15, 0.2) is 60.4 Å². The number of amides is 3. The molecule has 0 bridgehead atoms. The lowest BCUT2D eigenvalue weighted by Crippen LogP contribution is -2.43. The second-order valence-corrected chi connectivity index (χ2v) is 8.56. The summed E-state index contributed by atoms with van der Waals surface area (Å²) in [5.41, 5.74) is 5.64. The zero-order valence-corrected chi connectivity index (χ0v) is 18.6. The van der Waals surface area contributed by atoms with E-state index in [1.54, 1.807) is 36.5 Å². The fourth-order valence-corrected chi connectivity index (χ4v) is 3.61. The van der Waals surface area contributed by atoms with E-state index in [0.717, 1.165) is 5.06 Å². The highest BCUT2D eigenvalue weighted by Gasteiger charge is 2.41. The van der Waals surface area contributed by atoms with Crippen LogP contribution in [0, 0.1) is 5.82 Å². The van der Waals surface area contributed by atoms with Crippen molar-refractivity contribution in [3.63, 3.8) is 0 Å². The molecule has 1 aliphatic heterocycles. The van der Waals surface area contributed by atoms with E-state index >= 15 is 0 Å². The van der Waals surface area contributed by atoms with Crippen molar-refractivity contribution in [2.24, 2.45) is 5.73 Å². The maximum atomic E-state index is 14.1. The number of carbonyl (C=O) groups is 2. The molecule has 0 spiro atoms. The zero-order chi connectivity index (χ0) is 23.6. The molecule has 0 radical (unpaired) electrons. The smallest absolute Gasteiger partial charge is 0.317 e. The molecule has 2 aromatic rings. The second-order valence-electron chi connectivity index (χ2n) is 8.15. The first kappa shape index (κ1) is 23.2. The number of halogens is 1. The minimum Gasteiger partial charge on any atom is -0.351 e. The van der Waals surface area contributed by atoms with Gasteiger partial charge in [0.05, 0.1) is 5.56 Å². The van der Waals surface area contributed by atoms with Crippen molar-refractivity contribution >= 4 is 34.8 Å². The third-order valence-corrected chi connectivity index (χ3v) is 5.16. The van der Waals surface area contributed by atoms with Crippen LogP contribution in [-0.4, -0.2) is 37.6 Å². The summed E-state index contributed by atoms with van der Waals surface area (Å²) >= 11 is 5.21. The monoisotopic (exact) mass is 457 g/mol. The lowest BCUT2D eigenvalue weighted by Gasteiger charge is -2.39. The largest absolute Gasteiger partial charge is 0.351 e. The van der Waals surface area contributed by atoms with E-state index < -0.39 is 29.5 Å². The Morgan fingerprint density at radius 2 is 1.75 bits per heavy atom. The first-order chi connectivity index (χ1) is 15.0.